The maximum absolute atomic E-state index is 12.2. The van der Waals surface area contributed by atoms with Crippen LogP contribution in [0.2, 0.25) is 0 Å². The van der Waals surface area contributed by atoms with Gasteiger partial charge >= 0.3 is 0 Å². The summed E-state index contributed by atoms with van der Waals surface area (Å²) in [7, 11) is 0. The molecule has 0 atom stereocenters. The van der Waals surface area contributed by atoms with Crippen molar-refractivity contribution in [3.8, 4) is 5.69 Å². The van der Waals surface area contributed by atoms with Gasteiger partial charge in [-0.05, 0) is 36.4 Å². The summed E-state index contributed by atoms with van der Waals surface area (Å²) in [6.45, 7) is 0. The minimum absolute atomic E-state index is 0.169. The number of hydrogen-bond acceptors (Lipinski definition) is 2. The zero-order valence-corrected chi connectivity index (χ0v) is 10.7. The van der Waals surface area contributed by atoms with Crippen LogP contribution in [0.25, 0.3) is 5.69 Å². The van der Waals surface area contributed by atoms with Crippen LogP contribution in [0.15, 0.2) is 73.3 Å². The van der Waals surface area contributed by atoms with Crippen molar-refractivity contribution in [3.05, 3.63) is 78.9 Å². The second kappa shape index (κ2) is 5.40. The fourth-order valence-electron chi connectivity index (χ4n) is 1.99. The first-order valence-corrected chi connectivity index (χ1v) is 6.28. The average Bonchev–Trinajstić information content (AvgIpc) is 3.03. The Labute approximate surface area is 116 Å². The number of carbonyl (C=O) groups is 1. The van der Waals surface area contributed by atoms with Crippen LogP contribution in [0.5, 0.6) is 0 Å². The second-order valence-electron chi connectivity index (χ2n) is 4.30. The van der Waals surface area contributed by atoms with Gasteiger partial charge in [0.2, 0.25) is 0 Å². The fraction of sp³-hybridized carbons (Fsp3) is 0. The molecular weight excluding hydrogens is 250 g/mol. The average molecular weight is 263 g/mol. The highest BCUT2D eigenvalue weighted by molar-refractivity contribution is 6.05. The van der Waals surface area contributed by atoms with Gasteiger partial charge in [-0.3, -0.25) is 9.78 Å². The van der Waals surface area contributed by atoms with Gasteiger partial charge in [-0.1, -0.05) is 12.1 Å². The van der Waals surface area contributed by atoms with E-state index in [4.69, 9.17) is 0 Å². The van der Waals surface area contributed by atoms with Crippen LogP contribution >= 0.6 is 0 Å². The standard InChI is InChI=1S/C16H13N3O/c20-16(13-6-5-9-17-12-13)18-14-7-1-2-8-15(14)19-10-3-4-11-19/h1-12H,(H,18,20). The van der Waals surface area contributed by atoms with E-state index in [0.29, 0.717) is 5.56 Å². The van der Waals surface area contributed by atoms with Gasteiger partial charge < -0.3 is 9.88 Å². The molecule has 0 saturated heterocycles. The molecular formula is C16H13N3O. The third-order valence-electron chi connectivity index (χ3n) is 2.96. The van der Waals surface area contributed by atoms with Crippen molar-refractivity contribution in [2.24, 2.45) is 0 Å². The van der Waals surface area contributed by atoms with Crippen molar-refractivity contribution in [3.63, 3.8) is 0 Å². The number of para-hydroxylation sites is 2. The molecule has 4 nitrogen and oxygen atoms in total. The van der Waals surface area contributed by atoms with Crippen LogP contribution in [0.3, 0.4) is 0 Å². The summed E-state index contributed by atoms with van der Waals surface area (Å²) in [5.74, 6) is -0.169. The van der Waals surface area contributed by atoms with Crippen molar-refractivity contribution in [2.75, 3.05) is 5.32 Å². The Morgan fingerprint density at radius 2 is 1.80 bits per heavy atom. The normalized spacial score (nSPS) is 10.2. The lowest BCUT2D eigenvalue weighted by atomic mass is 10.2. The van der Waals surface area contributed by atoms with Crippen molar-refractivity contribution >= 4 is 11.6 Å². The number of nitrogens with one attached hydrogen (secondary N) is 1. The molecule has 1 amide bonds. The number of hydrogen-bond donors (Lipinski definition) is 1. The Morgan fingerprint density at radius 3 is 2.55 bits per heavy atom. The van der Waals surface area contributed by atoms with Crippen molar-refractivity contribution in [1.29, 1.82) is 0 Å². The summed E-state index contributed by atoms with van der Waals surface area (Å²) in [6, 6.07) is 15.0. The lowest BCUT2D eigenvalue weighted by molar-refractivity contribution is 0.102. The van der Waals surface area contributed by atoms with E-state index < -0.39 is 0 Å². The van der Waals surface area contributed by atoms with Gasteiger partial charge in [0.15, 0.2) is 0 Å². The molecule has 0 unspecified atom stereocenters. The van der Waals surface area contributed by atoms with E-state index in [1.165, 1.54) is 0 Å². The van der Waals surface area contributed by atoms with E-state index in [-0.39, 0.29) is 5.91 Å². The Morgan fingerprint density at radius 1 is 1.00 bits per heavy atom. The number of benzene rings is 1. The molecule has 3 aromatic rings. The van der Waals surface area contributed by atoms with Gasteiger partial charge in [0.05, 0.1) is 16.9 Å². The molecule has 1 aromatic carbocycles. The van der Waals surface area contributed by atoms with Crippen LogP contribution in [0.4, 0.5) is 5.69 Å². The van der Waals surface area contributed by atoms with Gasteiger partial charge in [-0.15, -0.1) is 0 Å². The molecule has 0 aliphatic carbocycles. The SMILES string of the molecule is O=C(Nc1ccccc1-n1cccc1)c1cccnc1. The van der Waals surface area contributed by atoms with Gasteiger partial charge in [-0.25, -0.2) is 0 Å². The summed E-state index contributed by atoms with van der Waals surface area (Å²) in [6.07, 6.45) is 7.07. The predicted molar refractivity (Wildman–Crippen MR) is 78.0 cm³/mol. The fourth-order valence-corrected chi connectivity index (χ4v) is 1.99. The number of aromatic nitrogens is 2. The molecule has 0 bridgehead atoms. The highest BCUT2D eigenvalue weighted by Crippen LogP contribution is 2.20. The first-order chi connectivity index (χ1) is 9.84. The highest BCUT2D eigenvalue weighted by Gasteiger charge is 2.09. The second-order valence-corrected chi connectivity index (χ2v) is 4.30. The topological polar surface area (TPSA) is 46.9 Å². The summed E-state index contributed by atoms with van der Waals surface area (Å²) in [5.41, 5.74) is 2.22. The minimum atomic E-state index is -0.169. The quantitative estimate of drug-likeness (QED) is 0.789. The van der Waals surface area contributed by atoms with Gasteiger partial charge in [0.1, 0.15) is 0 Å². The molecule has 20 heavy (non-hydrogen) atoms. The molecule has 1 N–H and O–H groups in total. The third kappa shape index (κ3) is 2.44. The number of anilines is 1. The number of amides is 1. The Balaban J connectivity index is 1.90. The molecule has 4 heteroatoms. The molecule has 0 spiro atoms. The number of carbonyl (C=O) groups excluding carboxylic acids is 1. The number of nitrogens with zero attached hydrogens (tertiary/aromatic N) is 2. The van der Waals surface area contributed by atoms with E-state index in [9.17, 15) is 4.79 Å². The van der Waals surface area contributed by atoms with Crippen LogP contribution in [-0.4, -0.2) is 15.5 Å². The molecule has 2 aromatic heterocycles. The monoisotopic (exact) mass is 263 g/mol. The van der Waals surface area contributed by atoms with Gasteiger partial charge in [0, 0.05) is 24.8 Å². The first-order valence-electron chi connectivity index (χ1n) is 6.28. The summed E-state index contributed by atoms with van der Waals surface area (Å²) < 4.78 is 1.96. The highest BCUT2D eigenvalue weighted by atomic mass is 16.1. The van der Waals surface area contributed by atoms with E-state index in [2.05, 4.69) is 10.3 Å². The van der Waals surface area contributed by atoms with Crippen LogP contribution < -0.4 is 5.32 Å². The molecule has 0 saturated carbocycles. The zero-order chi connectivity index (χ0) is 13.8. The lowest BCUT2D eigenvalue weighted by Gasteiger charge is -2.11. The molecule has 0 fully saturated rings. The molecule has 3 rings (SSSR count). The molecule has 0 aliphatic heterocycles. The molecule has 2 heterocycles. The van der Waals surface area contributed by atoms with Gasteiger partial charge in [-0.2, -0.15) is 0 Å². The number of rotatable bonds is 3. The molecule has 0 radical (unpaired) electrons. The smallest absolute Gasteiger partial charge is 0.257 e. The predicted octanol–water partition coefficient (Wildman–Crippen LogP) is 3.12. The third-order valence-corrected chi connectivity index (χ3v) is 2.96. The Bertz CT molecular complexity index is 706. The van der Waals surface area contributed by atoms with E-state index in [1.807, 2.05) is 53.4 Å². The van der Waals surface area contributed by atoms with E-state index in [0.717, 1.165) is 11.4 Å². The minimum Gasteiger partial charge on any atom is -0.322 e. The molecule has 0 aliphatic rings. The van der Waals surface area contributed by atoms with Crippen LogP contribution in [0, 0.1) is 0 Å². The summed E-state index contributed by atoms with van der Waals surface area (Å²) in [4.78, 5) is 16.1. The van der Waals surface area contributed by atoms with E-state index in [1.54, 1.807) is 24.5 Å². The molecule has 98 valence electrons. The van der Waals surface area contributed by atoms with Crippen LogP contribution in [0.1, 0.15) is 10.4 Å². The van der Waals surface area contributed by atoms with Crippen LogP contribution in [-0.2, 0) is 0 Å². The maximum Gasteiger partial charge on any atom is 0.257 e. The Hall–Kier alpha value is -2.88. The number of pyridine rings is 1. The summed E-state index contributed by atoms with van der Waals surface area (Å²) >= 11 is 0. The summed E-state index contributed by atoms with van der Waals surface area (Å²) in [5, 5.41) is 2.92. The van der Waals surface area contributed by atoms with Crippen molar-refractivity contribution in [1.82, 2.24) is 9.55 Å². The zero-order valence-electron chi connectivity index (χ0n) is 10.7. The van der Waals surface area contributed by atoms with Gasteiger partial charge in [0.25, 0.3) is 5.91 Å². The first kappa shape index (κ1) is 12.2. The van der Waals surface area contributed by atoms with E-state index >= 15 is 0 Å². The Kier molecular flexibility index (Phi) is 3.29. The van der Waals surface area contributed by atoms with Crippen molar-refractivity contribution in [2.45, 2.75) is 0 Å². The maximum atomic E-state index is 12.2. The largest absolute Gasteiger partial charge is 0.322 e. The van der Waals surface area contributed by atoms with Crippen molar-refractivity contribution < 1.29 is 4.79 Å². The lowest BCUT2D eigenvalue weighted by Crippen LogP contribution is -2.13.